The third-order valence-electron chi connectivity index (χ3n) is 3.62. The second-order valence-electron chi connectivity index (χ2n) is 5.13. The van der Waals surface area contributed by atoms with E-state index >= 15 is 0 Å². The third-order valence-corrected chi connectivity index (χ3v) is 3.62. The first-order valence-corrected chi connectivity index (χ1v) is 7.04. The van der Waals surface area contributed by atoms with Crippen LogP contribution in [0.4, 0.5) is 0 Å². The summed E-state index contributed by atoms with van der Waals surface area (Å²) in [5, 5.41) is 12.5. The van der Waals surface area contributed by atoms with Gasteiger partial charge in [0, 0.05) is 18.8 Å². The third kappa shape index (κ3) is 4.06. The Balaban J connectivity index is 2.00. The van der Waals surface area contributed by atoms with Crippen LogP contribution in [0.5, 0.6) is 5.75 Å². The maximum absolute atomic E-state index is 12.3. The van der Waals surface area contributed by atoms with Gasteiger partial charge in [-0.25, -0.2) is 0 Å². The van der Waals surface area contributed by atoms with E-state index in [0.29, 0.717) is 44.0 Å². The smallest absolute Gasteiger partial charge is 0.251 e. The molecule has 1 aromatic carbocycles. The molecule has 114 valence electrons. The summed E-state index contributed by atoms with van der Waals surface area (Å²) >= 11 is 0. The number of carbonyl (C=O) groups is 1. The highest BCUT2D eigenvalue weighted by Crippen LogP contribution is 2.21. The SMILES string of the molecule is C=CCOc1ccc(C(=O)NC2(CO)CCOCC2)cc1. The molecule has 1 aromatic rings. The number of hydrogen-bond acceptors (Lipinski definition) is 4. The lowest BCUT2D eigenvalue weighted by molar-refractivity contribution is 0.0125. The zero-order chi connectivity index (χ0) is 15.1. The maximum Gasteiger partial charge on any atom is 0.251 e. The molecular weight excluding hydrogens is 270 g/mol. The van der Waals surface area contributed by atoms with E-state index in [0.717, 1.165) is 0 Å². The van der Waals surface area contributed by atoms with Gasteiger partial charge in [-0.05, 0) is 37.1 Å². The predicted octanol–water partition coefficient (Wildman–Crippen LogP) is 1.52. The molecule has 0 bridgehead atoms. The summed E-state index contributed by atoms with van der Waals surface area (Å²) in [7, 11) is 0. The summed E-state index contributed by atoms with van der Waals surface area (Å²) in [6, 6.07) is 6.90. The number of nitrogens with one attached hydrogen (secondary N) is 1. The van der Waals surface area contributed by atoms with Crippen LogP contribution < -0.4 is 10.1 Å². The molecule has 5 nitrogen and oxygen atoms in total. The highest BCUT2D eigenvalue weighted by atomic mass is 16.5. The first-order valence-electron chi connectivity index (χ1n) is 7.04. The van der Waals surface area contributed by atoms with Gasteiger partial charge in [-0.15, -0.1) is 0 Å². The van der Waals surface area contributed by atoms with Crippen molar-refractivity contribution in [2.75, 3.05) is 26.4 Å². The van der Waals surface area contributed by atoms with Gasteiger partial charge in [0.2, 0.25) is 0 Å². The number of ether oxygens (including phenoxy) is 2. The van der Waals surface area contributed by atoms with Crippen molar-refractivity contribution < 1.29 is 19.4 Å². The Hall–Kier alpha value is -1.85. The Morgan fingerprint density at radius 2 is 2.05 bits per heavy atom. The van der Waals surface area contributed by atoms with Crippen molar-refractivity contribution in [3.05, 3.63) is 42.5 Å². The van der Waals surface area contributed by atoms with Gasteiger partial charge in [0.1, 0.15) is 12.4 Å². The average molecular weight is 291 g/mol. The van der Waals surface area contributed by atoms with E-state index in [9.17, 15) is 9.90 Å². The Morgan fingerprint density at radius 1 is 1.38 bits per heavy atom. The highest BCUT2D eigenvalue weighted by molar-refractivity contribution is 5.94. The number of amides is 1. The number of aliphatic hydroxyl groups is 1. The maximum atomic E-state index is 12.3. The number of rotatable bonds is 6. The number of hydrogen-bond donors (Lipinski definition) is 2. The van der Waals surface area contributed by atoms with E-state index in [4.69, 9.17) is 9.47 Å². The summed E-state index contributed by atoms with van der Waals surface area (Å²) in [4.78, 5) is 12.3. The number of benzene rings is 1. The summed E-state index contributed by atoms with van der Waals surface area (Å²) in [6.45, 7) is 5.03. The fourth-order valence-electron chi connectivity index (χ4n) is 2.26. The van der Waals surface area contributed by atoms with Crippen LogP contribution in [0.3, 0.4) is 0 Å². The Bertz CT molecular complexity index is 478. The lowest BCUT2D eigenvalue weighted by atomic mass is 9.90. The first kappa shape index (κ1) is 15.5. The molecule has 21 heavy (non-hydrogen) atoms. The van der Waals surface area contributed by atoms with Crippen molar-refractivity contribution in [1.82, 2.24) is 5.32 Å². The highest BCUT2D eigenvalue weighted by Gasteiger charge is 2.33. The molecule has 2 rings (SSSR count). The second-order valence-corrected chi connectivity index (χ2v) is 5.13. The van der Waals surface area contributed by atoms with E-state index in [1.807, 2.05) is 0 Å². The molecule has 1 heterocycles. The minimum absolute atomic E-state index is 0.0807. The molecule has 0 aliphatic carbocycles. The molecule has 1 aliphatic rings. The van der Waals surface area contributed by atoms with Gasteiger partial charge in [-0.1, -0.05) is 12.7 Å². The van der Waals surface area contributed by atoms with Crippen LogP contribution >= 0.6 is 0 Å². The van der Waals surface area contributed by atoms with Crippen molar-refractivity contribution in [1.29, 1.82) is 0 Å². The van der Waals surface area contributed by atoms with Crippen LogP contribution in [0.25, 0.3) is 0 Å². The minimum atomic E-state index is -0.576. The molecule has 1 saturated heterocycles. The molecule has 5 heteroatoms. The summed E-state index contributed by atoms with van der Waals surface area (Å²) < 4.78 is 10.7. The van der Waals surface area contributed by atoms with Crippen molar-refractivity contribution >= 4 is 5.91 Å². The first-order chi connectivity index (χ1) is 10.2. The molecule has 1 fully saturated rings. The largest absolute Gasteiger partial charge is 0.490 e. The molecular formula is C16H21NO4. The van der Waals surface area contributed by atoms with E-state index in [1.165, 1.54) is 0 Å². The fraction of sp³-hybridized carbons (Fsp3) is 0.438. The average Bonchev–Trinajstić information content (AvgIpc) is 2.54. The van der Waals surface area contributed by atoms with Crippen molar-refractivity contribution in [3.63, 3.8) is 0 Å². The summed E-state index contributed by atoms with van der Waals surface area (Å²) in [6.07, 6.45) is 2.91. The van der Waals surface area contributed by atoms with E-state index in [1.54, 1.807) is 30.3 Å². The van der Waals surface area contributed by atoms with Crippen molar-refractivity contribution in [3.8, 4) is 5.75 Å². The standard InChI is InChI=1S/C16H21NO4/c1-2-9-21-14-5-3-13(4-6-14)15(19)17-16(12-18)7-10-20-11-8-16/h2-6,18H,1,7-12H2,(H,17,19). The molecule has 0 atom stereocenters. The van der Waals surface area contributed by atoms with E-state index in [2.05, 4.69) is 11.9 Å². The molecule has 1 amide bonds. The molecule has 0 saturated carbocycles. The van der Waals surface area contributed by atoms with Gasteiger partial charge in [0.15, 0.2) is 0 Å². The molecule has 2 N–H and O–H groups in total. The molecule has 1 aliphatic heterocycles. The molecule has 0 unspecified atom stereocenters. The van der Waals surface area contributed by atoms with Crippen molar-refractivity contribution in [2.45, 2.75) is 18.4 Å². The normalized spacial score (nSPS) is 17.0. The predicted molar refractivity (Wildman–Crippen MR) is 79.5 cm³/mol. The Kier molecular flexibility index (Phi) is 5.36. The van der Waals surface area contributed by atoms with Gasteiger partial charge < -0.3 is 19.9 Å². The van der Waals surface area contributed by atoms with E-state index in [-0.39, 0.29) is 12.5 Å². The monoisotopic (exact) mass is 291 g/mol. The summed E-state index contributed by atoms with van der Waals surface area (Å²) in [5.41, 5.74) is -0.0341. The second kappa shape index (κ2) is 7.24. The zero-order valence-corrected chi connectivity index (χ0v) is 12.0. The Labute approximate surface area is 124 Å². The molecule has 0 aromatic heterocycles. The lowest BCUT2D eigenvalue weighted by Gasteiger charge is -2.36. The van der Waals surface area contributed by atoms with E-state index < -0.39 is 5.54 Å². The van der Waals surface area contributed by atoms with Gasteiger partial charge >= 0.3 is 0 Å². The van der Waals surface area contributed by atoms with Crippen LogP contribution in [0, 0.1) is 0 Å². The number of aliphatic hydroxyl groups excluding tert-OH is 1. The molecule has 0 spiro atoms. The summed E-state index contributed by atoms with van der Waals surface area (Å²) in [5.74, 6) is 0.496. The minimum Gasteiger partial charge on any atom is -0.490 e. The van der Waals surface area contributed by atoms with Crippen LogP contribution in [-0.2, 0) is 4.74 Å². The van der Waals surface area contributed by atoms with Crippen LogP contribution in [0.15, 0.2) is 36.9 Å². The topological polar surface area (TPSA) is 67.8 Å². The van der Waals surface area contributed by atoms with Gasteiger partial charge in [0.05, 0.1) is 12.1 Å². The van der Waals surface area contributed by atoms with Crippen LogP contribution in [-0.4, -0.2) is 43.0 Å². The molecule has 0 radical (unpaired) electrons. The fourth-order valence-corrected chi connectivity index (χ4v) is 2.26. The van der Waals surface area contributed by atoms with Gasteiger partial charge in [-0.2, -0.15) is 0 Å². The number of carbonyl (C=O) groups excluding carboxylic acids is 1. The van der Waals surface area contributed by atoms with Gasteiger partial charge in [0.25, 0.3) is 5.91 Å². The Morgan fingerprint density at radius 3 is 2.62 bits per heavy atom. The lowest BCUT2D eigenvalue weighted by Crippen LogP contribution is -2.54. The van der Waals surface area contributed by atoms with Crippen LogP contribution in [0.1, 0.15) is 23.2 Å². The van der Waals surface area contributed by atoms with Crippen molar-refractivity contribution in [2.24, 2.45) is 0 Å². The zero-order valence-electron chi connectivity index (χ0n) is 12.0. The quantitative estimate of drug-likeness (QED) is 0.780. The van der Waals surface area contributed by atoms with Crippen LogP contribution in [0.2, 0.25) is 0 Å². The van der Waals surface area contributed by atoms with Gasteiger partial charge in [-0.3, -0.25) is 4.79 Å².